The molecule has 4 aromatic heterocycles. The molecule has 14 nitrogen and oxygen atoms in total. The molecule has 3 aliphatic rings. The summed E-state index contributed by atoms with van der Waals surface area (Å²) in [6.07, 6.45) is 8.82. The summed E-state index contributed by atoms with van der Waals surface area (Å²) < 4.78 is 32.1. The summed E-state index contributed by atoms with van der Waals surface area (Å²) in [6.45, 7) is 12.7. The van der Waals surface area contributed by atoms with E-state index in [2.05, 4.69) is 50.3 Å². The van der Waals surface area contributed by atoms with Gasteiger partial charge in [0.1, 0.15) is 22.9 Å². The van der Waals surface area contributed by atoms with Crippen LogP contribution in [0.4, 0.5) is 36.7 Å². The lowest BCUT2D eigenvalue weighted by Gasteiger charge is -2.43. The van der Waals surface area contributed by atoms with Gasteiger partial charge in [-0.3, -0.25) is 29.8 Å². The summed E-state index contributed by atoms with van der Waals surface area (Å²) in [5.74, 6) is -0.0899. The number of aromatic nitrogens is 6. The average molecular weight is 751 g/mol. The lowest BCUT2D eigenvalue weighted by atomic mass is 10.0. The molecule has 0 atom stereocenters. The predicted octanol–water partition coefficient (Wildman–Crippen LogP) is 5.43. The van der Waals surface area contributed by atoms with E-state index in [0.29, 0.717) is 41.0 Å². The van der Waals surface area contributed by atoms with E-state index in [-0.39, 0.29) is 35.5 Å². The zero-order chi connectivity index (χ0) is 38.2. The Morgan fingerprint density at radius 2 is 1.67 bits per heavy atom. The summed E-state index contributed by atoms with van der Waals surface area (Å²) in [5, 5.41) is 5.45. The number of anilines is 4. The normalized spacial score (nSPS) is 17.7. The Morgan fingerprint density at radius 1 is 0.873 bits per heavy atom. The Labute approximate surface area is 317 Å². The number of nitrogens with one attached hydrogen (secondary N) is 2. The number of benzene rings is 1. The van der Waals surface area contributed by atoms with Crippen LogP contribution in [0.5, 0.6) is 0 Å². The van der Waals surface area contributed by atoms with Gasteiger partial charge in [0, 0.05) is 82.6 Å². The van der Waals surface area contributed by atoms with Crippen LogP contribution in [0.3, 0.4) is 0 Å². The highest BCUT2D eigenvalue weighted by Crippen LogP contribution is 2.31. The molecule has 7 heterocycles. The molecule has 5 aromatic rings. The number of rotatable bonds is 9. The van der Waals surface area contributed by atoms with E-state index in [1.807, 2.05) is 55.9 Å². The highest BCUT2D eigenvalue weighted by molar-refractivity contribution is 6.05. The lowest BCUT2D eigenvalue weighted by Crippen LogP contribution is -2.53. The molecule has 55 heavy (non-hydrogen) atoms. The first-order chi connectivity index (χ1) is 26.6. The zero-order valence-corrected chi connectivity index (χ0v) is 31.2. The minimum absolute atomic E-state index is 0.0131. The summed E-state index contributed by atoms with van der Waals surface area (Å²) in [7, 11) is 0. The van der Waals surface area contributed by atoms with Crippen LogP contribution in [0.25, 0.3) is 22.3 Å². The molecular weight excluding hydrogens is 707 g/mol. The third-order valence-electron chi connectivity index (χ3n) is 10.8. The number of aryl methyl sites for hydroxylation is 1. The van der Waals surface area contributed by atoms with Crippen molar-refractivity contribution in [1.82, 2.24) is 44.6 Å². The van der Waals surface area contributed by atoms with Gasteiger partial charge in [-0.05, 0) is 69.5 Å². The summed E-state index contributed by atoms with van der Waals surface area (Å²) in [5.41, 5.74) is 3.90. The highest BCUT2D eigenvalue weighted by Gasteiger charge is 2.29. The van der Waals surface area contributed by atoms with E-state index >= 15 is 8.78 Å². The molecule has 0 spiro atoms. The number of nitrogens with zero attached hydrogens (tertiary/aromatic N) is 10. The smallest absolute Gasteiger partial charge is 0.328 e. The number of hydrogen-bond acceptors (Lipinski definition) is 11. The molecular formula is C39H44F2N12O2. The Hall–Kier alpha value is -5.61. The number of pyridine rings is 2. The van der Waals surface area contributed by atoms with Gasteiger partial charge in [-0.25, -0.2) is 33.5 Å². The number of carbonyl (C=O) groups is 2. The van der Waals surface area contributed by atoms with E-state index in [4.69, 9.17) is 0 Å². The molecule has 3 amide bonds. The second kappa shape index (κ2) is 15.3. The first-order valence-corrected chi connectivity index (χ1v) is 18.8. The third-order valence-corrected chi connectivity index (χ3v) is 10.8. The fourth-order valence-electron chi connectivity index (χ4n) is 8.00. The minimum Gasteiger partial charge on any atom is -0.370 e. The van der Waals surface area contributed by atoms with Crippen molar-refractivity contribution in [3.8, 4) is 11.3 Å². The summed E-state index contributed by atoms with van der Waals surface area (Å²) >= 11 is 0. The van der Waals surface area contributed by atoms with E-state index in [9.17, 15) is 9.59 Å². The van der Waals surface area contributed by atoms with Gasteiger partial charge in [-0.1, -0.05) is 0 Å². The number of imide groups is 1. The van der Waals surface area contributed by atoms with Crippen LogP contribution >= 0.6 is 0 Å². The van der Waals surface area contributed by atoms with Crippen molar-refractivity contribution in [2.75, 3.05) is 60.9 Å². The molecule has 3 aliphatic heterocycles. The molecule has 2 N–H and O–H groups in total. The Morgan fingerprint density at radius 3 is 2.40 bits per heavy atom. The number of piperazine rings is 1. The maximum atomic E-state index is 15.1. The van der Waals surface area contributed by atoms with Crippen molar-refractivity contribution in [2.45, 2.75) is 58.7 Å². The third kappa shape index (κ3) is 7.69. The monoisotopic (exact) mass is 750 g/mol. The number of imidazole rings is 1. The van der Waals surface area contributed by atoms with Gasteiger partial charge in [0.25, 0.3) is 0 Å². The van der Waals surface area contributed by atoms with Crippen LogP contribution in [0, 0.1) is 18.6 Å². The Bertz CT molecular complexity index is 2210. The van der Waals surface area contributed by atoms with Crippen LogP contribution in [0.2, 0.25) is 0 Å². The number of amides is 3. The topological polar surface area (TPSA) is 141 Å². The van der Waals surface area contributed by atoms with Crippen LogP contribution < -0.4 is 20.4 Å². The number of halogens is 2. The lowest BCUT2D eigenvalue weighted by molar-refractivity contribution is -0.120. The van der Waals surface area contributed by atoms with Crippen LogP contribution in [0.15, 0.2) is 55.1 Å². The van der Waals surface area contributed by atoms with Crippen molar-refractivity contribution < 1.29 is 18.4 Å². The highest BCUT2D eigenvalue weighted by atomic mass is 19.1. The van der Waals surface area contributed by atoms with Gasteiger partial charge in [0.05, 0.1) is 35.5 Å². The maximum absolute atomic E-state index is 15.1. The molecule has 8 rings (SSSR count). The molecule has 286 valence electrons. The second-order valence-electron chi connectivity index (χ2n) is 14.7. The molecule has 16 heteroatoms. The molecule has 3 saturated heterocycles. The summed E-state index contributed by atoms with van der Waals surface area (Å²) in [4.78, 5) is 54.7. The predicted molar refractivity (Wildman–Crippen MR) is 205 cm³/mol. The standard InChI is InChI=1S/C39H44F2N12O2/c1-24(2)53-25(3)45-37-31(40)17-27(18-33(37)53)36-32(41)22-44-38(48-36)46-34-5-4-29(21-43-34)50-9-6-28(7-10-50)51-14-12-49(13-15-51)23-26-16-30(20-42-19-26)52-11-8-35(54)47-39(52)55/h4-5,16-22,24,28H,6-15,23H2,1-3H3,(H,47,54,55)(H,43,44,46,48). The fourth-order valence-corrected chi connectivity index (χ4v) is 8.00. The molecule has 0 bridgehead atoms. The Kier molecular flexibility index (Phi) is 10.1. The number of piperidine rings is 1. The van der Waals surface area contributed by atoms with Crippen LogP contribution in [-0.4, -0.2) is 103 Å². The number of fused-ring (bicyclic) bond motifs is 1. The van der Waals surface area contributed by atoms with Gasteiger partial charge >= 0.3 is 6.03 Å². The van der Waals surface area contributed by atoms with Gasteiger partial charge in [-0.2, -0.15) is 0 Å². The van der Waals surface area contributed by atoms with E-state index in [1.54, 1.807) is 17.2 Å². The van der Waals surface area contributed by atoms with Gasteiger partial charge in [0.2, 0.25) is 11.9 Å². The molecule has 0 saturated carbocycles. The second-order valence-corrected chi connectivity index (χ2v) is 14.7. The van der Waals surface area contributed by atoms with Crippen molar-refractivity contribution in [2.24, 2.45) is 0 Å². The fraction of sp³-hybridized carbons (Fsp3) is 0.410. The number of hydrogen-bond donors (Lipinski definition) is 2. The van der Waals surface area contributed by atoms with Crippen molar-refractivity contribution in [3.63, 3.8) is 0 Å². The first kappa shape index (κ1) is 36.4. The maximum Gasteiger partial charge on any atom is 0.328 e. The van der Waals surface area contributed by atoms with E-state index in [1.165, 1.54) is 6.07 Å². The molecule has 0 unspecified atom stereocenters. The molecule has 3 fully saturated rings. The molecule has 1 aromatic carbocycles. The first-order valence-electron chi connectivity index (χ1n) is 18.8. The van der Waals surface area contributed by atoms with Gasteiger partial charge < -0.3 is 14.8 Å². The summed E-state index contributed by atoms with van der Waals surface area (Å²) in [6, 6.07) is 9.00. The van der Waals surface area contributed by atoms with Crippen molar-refractivity contribution >= 4 is 46.1 Å². The van der Waals surface area contributed by atoms with Gasteiger partial charge in [-0.15, -0.1) is 0 Å². The van der Waals surface area contributed by atoms with Crippen LogP contribution in [-0.2, 0) is 11.3 Å². The van der Waals surface area contributed by atoms with Crippen molar-refractivity contribution in [3.05, 3.63) is 78.1 Å². The van der Waals surface area contributed by atoms with E-state index in [0.717, 1.165) is 76.1 Å². The number of urea groups is 1. The van der Waals surface area contributed by atoms with Gasteiger partial charge in [0.15, 0.2) is 11.6 Å². The zero-order valence-electron chi connectivity index (χ0n) is 31.2. The largest absolute Gasteiger partial charge is 0.370 e. The van der Waals surface area contributed by atoms with Crippen molar-refractivity contribution in [1.29, 1.82) is 0 Å². The quantitative estimate of drug-likeness (QED) is 0.200. The molecule has 0 aliphatic carbocycles. The molecule has 0 radical (unpaired) electrons. The average Bonchev–Trinajstić information content (AvgIpc) is 3.53. The Balaban J connectivity index is 0.836. The number of carbonyl (C=O) groups excluding carboxylic acids is 2. The minimum atomic E-state index is -0.657. The SMILES string of the molecule is Cc1nc2c(F)cc(-c3nc(Nc4ccc(N5CCC(N6CCN(Cc7cncc(N8CCC(=O)NC8=O)c7)CC6)CC5)cn4)ncc3F)cc2n1C(C)C. The van der Waals surface area contributed by atoms with Crippen LogP contribution in [0.1, 0.15) is 50.5 Å². The van der Waals surface area contributed by atoms with E-state index < -0.39 is 17.7 Å².